The summed E-state index contributed by atoms with van der Waals surface area (Å²) in [6, 6.07) is 2.47. The fourth-order valence-corrected chi connectivity index (χ4v) is 2.18. The van der Waals surface area contributed by atoms with Crippen molar-refractivity contribution in [3.8, 4) is 0 Å². The Morgan fingerprint density at radius 3 is 2.79 bits per heavy atom. The minimum atomic E-state index is -0.733. The van der Waals surface area contributed by atoms with Gasteiger partial charge in [-0.3, -0.25) is 4.21 Å². The topological polar surface area (TPSA) is 29.1 Å². The SMILES string of the molecule is CC(NCC(C)S(C)=O)c1ccsc1. The molecule has 3 atom stereocenters. The van der Waals surface area contributed by atoms with Gasteiger partial charge in [0.05, 0.1) is 0 Å². The predicted molar refractivity (Wildman–Crippen MR) is 64.3 cm³/mol. The van der Waals surface area contributed by atoms with Gasteiger partial charge in [0, 0.05) is 34.9 Å². The Balaban J connectivity index is 2.35. The van der Waals surface area contributed by atoms with E-state index in [1.165, 1.54) is 5.56 Å². The van der Waals surface area contributed by atoms with Gasteiger partial charge >= 0.3 is 0 Å². The van der Waals surface area contributed by atoms with E-state index in [4.69, 9.17) is 0 Å². The summed E-state index contributed by atoms with van der Waals surface area (Å²) in [6.45, 7) is 4.94. The molecule has 2 nitrogen and oxygen atoms in total. The molecule has 80 valence electrons. The van der Waals surface area contributed by atoms with E-state index in [1.807, 2.05) is 6.92 Å². The van der Waals surface area contributed by atoms with Crippen LogP contribution in [0.25, 0.3) is 0 Å². The van der Waals surface area contributed by atoms with Gasteiger partial charge in [-0.1, -0.05) is 0 Å². The van der Waals surface area contributed by atoms with E-state index in [1.54, 1.807) is 17.6 Å². The third kappa shape index (κ3) is 3.52. The highest BCUT2D eigenvalue weighted by Gasteiger charge is 2.09. The maximum absolute atomic E-state index is 11.1. The average molecular weight is 231 g/mol. The smallest absolute Gasteiger partial charge is 0.0441 e. The highest BCUT2D eigenvalue weighted by Crippen LogP contribution is 2.15. The lowest BCUT2D eigenvalue weighted by Crippen LogP contribution is -2.29. The lowest BCUT2D eigenvalue weighted by molar-refractivity contribution is 0.570. The molecular weight excluding hydrogens is 214 g/mol. The molecule has 0 aliphatic heterocycles. The van der Waals surface area contributed by atoms with Crippen molar-refractivity contribution in [1.29, 1.82) is 0 Å². The summed E-state index contributed by atoms with van der Waals surface area (Å²) in [5.41, 5.74) is 1.31. The molecule has 1 heterocycles. The molecule has 0 aliphatic rings. The molecule has 0 bridgehead atoms. The Morgan fingerprint density at radius 1 is 1.57 bits per heavy atom. The van der Waals surface area contributed by atoms with Crippen LogP contribution in [0.5, 0.6) is 0 Å². The Labute approximate surface area is 92.2 Å². The number of rotatable bonds is 5. The summed E-state index contributed by atoms with van der Waals surface area (Å²) in [5.74, 6) is 0. The van der Waals surface area contributed by atoms with Crippen molar-refractivity contribution in [3.63, 3.8) is 0 Å². The van der Waals surface area contributed by atoms with Gasteiger partial charge in [0.1, 0.15) is 0 Å². The molecule has 1 N–H and O–H groups in total. The van der Waals surface area contributed by atoms with E-state index in [2.05, 4.69) is 29.1 Å². The second kappa shape index (κ2) is 5.63. The molecule has 0 amide bonds. The van der Waals surface area contributed by atoms with Crippen molar-refractivity contribution in [2.75, 3.05) is 12.8 Å². The van der Waals surface area contributed by atoms with E-state index in [9.17, 15) is 4.21 Å². The molecule has 0 saturated heterocycles. The first-order chi connectivity index (χ1) is 6.61. The van der Waals surface area contributed by atoms with Crippen LogP contribution in [0.1, 0.15) is 25.5 Å². The number of thiophene rings is 1. The summed E-state index contributed by atoms with van der Waals surface area (Å²) < 4.78 is 11.1. The highest BCUT2D eigenvalue weighted by atomic mass is 32.2. The number of hydrogen-bond acceptors (Lipinski definition) is 3. The van der Waals surface area contributed by atoms with Crippen LogP contribution in [0.2, 0.25) is 0 Å². The third-order valence-electron chi connectivity index (χ3n) is 2.32. The molecule has 3 unspecified atom stereocenters. The molecule has 1 aromatic heterocycles. The number of hydrogen-bond donors (Lipinski definition) is 1. The maximum atomic E-state index is 11.1. The molecule has 14 heavy (non-hydrogen) atoms. The van der Waals surface area contributed by atoms with Gasteiger partial charge in [-0.05, 0) is 36.2 Å². The van der Waals surface area contributed by atoms with Gasteiger partial charge in [-0.2, -0.15) is 11.3 Å². The first-order valence-corrected chi connectivity index (χ1v) is 7.25. The summed E-state index contributed by atoms with van der Waals surface area (Å²) in [4.78, 5) is 0. The van der Waals surface area contributed by atoms with Gasteiger partial charge in [-0.15, -0.1) is 0 Å². The van der Waals surface area contributed by atoms with E-state index >= 15 is 0 Å². The molecule has 4 heteroatoms. The molecular formula is C10H17NOS2. The molecule has 0 fully saturated rings. The van der Waals surface area contributed by atoms with Crippen molar-refractivity contribution in [2.45, 2.75) is 25.1 Å². The minimum Gasteiger partial charge on any atom is -0.309 e. The van der Waals surface area contributed by atoms with Crippen LogP contribution in [0.3, 0.4) is 0 Å². The maximum Gasteiger partial charge on any atom is 0.0441 e. The Bertz CT molecular complexity index is 284. The lowest BCUT2D eigenvalue weighted by Gasteiger charge is -2.15. The Hall–Kier alpha value is -0.190. The van der Waals surface area contributed by atoms with E-state index in [0.717, 1.165) is 6.54 Å². The zero-order valence-electron chi connectivity index (χ0n) is 8.82. The monoisotopic (exact) mass is 231 g/mol. The first-order valence-electron chi connectivity index (χ1n) is 4.69. The van der Waals surface area contributed by atoms with Crippen LogP contribution in [0, 0.1) is 0 Å². The molecule has 1 rings (SSSR count). The van der Waals surface area contributed by atoms with Crippen LogP contribution < -0.4 is 5.32 Å². The van der Waals surface area contributed by atoms with E-state index < -0.39 is 10.8 Å². The van der Waals surface area contributed by atoms with Crippen LogP contribution in [-0.2, 0) is 10.8 Å². The zero-order chi connectivity index (χ0) is 10.6. The molecule has 0 radical (unpaired) electrons. The van der Waals surface area contributed by atoms with Crippen molar-refractivity contribution in [1.82, 2.24) is 5.32 Å². The zero-order valence-corrected chi connectivity index (χ0v) is 10.5. The van der Waals surface area contributed by atoms with Crippen LogP contribution in [0.15, 0.2) is 16.8 Å². The van der Waals surface area contributed by atoms with Gasteiger partial charge in [0.2, 0.25) is 0 Å². The predicted octanol–water partition coefficient (Wildman–Crippen LogP) is 2.17. The van der Waals surface area contributed by atoms with Gasteiger partial charge in [0.15, 0.2) is 0 Å². The van der Waals surface area contributed by atoms with Gasteiger partial charge < -0.3 is 5.32 Å². The quantitative estimate of drug-likeness (QED) is 0.841. The summed E-state index contributed by atoms with van der Waals surface area (Å²) in [7, 11) is -0.733. The standard InChI is InChI=1S/C10H17NOS2/c1-8(14(3)12)6-11-9(2)10-4-5-13-7-10/h4-5,7-9,11H,6H2,1-3H3. The molecule has 1 aromatic rings. The van der Waals surface area contributed by atoms with Crippen molar-refractivity contribution < 1.29 is 4.21 Å². The summed E-state index contributed by atoms with van der Waals surface area (Å²) in [6.07, 6.45) is 1.75. The fraction of sp³-hybridized carbons (Fsp3) is 0.600. The number of nitrogens with one attached hydrogen (secondary N) is 1. The molecule has 0 aromatic carbocycles. The van der Waals surface area contributed by atoms with E-state index in [-0.39, 0.29) is 5.25 Å². The van der Waals surface area contributed by atoms with Gasteiger partial charge in [-0.25, -0.2) is 0 Å². The normalized spacial score (nSPS) is 17.6. The summed E-state index contributed by atoms with van der Waals surface area (Å²) in [5, 5.41) is 7.82. The van der Waals surface area contributed by atoms with Crippen molar-refractivity contribution >= 4 is 22.1 Å². The fourth-order valence-electron chi connectivity index (χ4n) is 1.10. The van der Waals surface area contributed by atoms with Crippen LogP contribution in [0.4, 0.5) is 0 Å². The Morgan fingerprint density at radius 2 is 2.29 bits per heavy atom. The van der Waals surface area contributed by atoms with Gasteiger partial charge in [0.25, 0.3) is 0 Å². The van der Waals surface area contributed by atoms with Crippen molar-refractivity contribution in [2.24, 2.45) is 0 Å². The first kappa shape index (κ1) is 11.9. The second-order valence-electron chi connectivity index (χ2n) is 3.50. The average Bonchev–Trinajstić information content (AvgIpc) is 2.66. The largest absolute Gasteiger partial charge is 0.309 e. The third-order valence-corrected chi connectivity index (χ3v) is 4.32. The second-order valence-corrected chi connectivity index (χ2v) is 6.08. The molecule has 0 spiro atoms. The summed E-state index contributed by atoms with van der Waals surface area (Å²) >= 11 is 1.71. The molecule has 0 aliphatic carbocycles. The van der Waals surface area contributed by atoms with E-state index in [0.29, 0.717) is 6.04 Å². The molecule has 0 saturated carbocycles. The highest BCUT2D eigenvalue weighted by molar-refractivity contribution is 7.84. The Kier molecular flexibility index (Phi) is 4.78. The van der Waals surface area contributed by atoms with Crippen LogP contribution >= 0.6 is 11.3 Å². The lowest BCUT2D eigenvalue weighted by atomic mass is 10.2. The minimum absolute atomic E-state index is 0.219. The van der Waals surface area contributed by atoms with Crippen molar-refractivity contribution in [3.05, 3.63) is 22.4 Å². The van der Waals surface area contributed by atoms with Crippen LogP contribution in [-0.4, -0.2) is 22.3 Å².